The zero-order chi connectivity index (χ0) is 16.7. The minimum absolute atomic E-state index is 0.0835. The molecule has 0 unspecified atom stereocenters. The van der Waals surface area contributed by atoms with Crippen molar-refractivity contribution in [2.24, 2.45) is 5.10 Å². The van der Waals surface area contributed by atoms with E-state index in [1.807, 2.05) is 30.3 Å². The molecule has 0 spiro atoms. The number of nitrogens with zero attached hydrogens (tertiary/aromatic N) is 2. The Bertz CT molecular complexity index is 738. The molecule has 23 heavy (non-hydrogen) atoms. The summed E-state index contributed by atoms with van der Waals surface area (Å²) in [5.74, 6) is 0. The Morgan fingerprint density at radius 3 is 2.74 bits per heavy atom. The molecule has 118 valence electrons. The molecule has 6 nitrogen and oxygen atoms in total. The summed E-state index contributed by atoms with van der Waals surface area (Å²) in [6.45, 7) is 0.578. The highest BCUT2D eigenvalue weighted by Crippen LogP contribution is 2.24. The Morgan fingerprint density at radius 1 is 1.30 bits per heavy atom. The predicted octanol–water partition coefficient (Wildman–Crippen LogP) is 3.25. The molecule has 0 amide bonds. The van der Waals surface area contributed by atoms with Crippen LogP contribution in [0.3, 0.4) is 0 Å². The molecular weight excluding hydrogens is 336 g/mol. The first kappa shape index (κ1) is 16.9. The molecule has 8 heteroatoms. The van der Waals surface area contributed by atoms with Crippen molar-refractivity contribution < 1.29 is 4.92 Å². The molecule has 0 aliphatic carbocycles. The van der Waals surface area contributed by atoms with Gasteiger partial charge < -0.3 is 5.32 Å². The van der Waals surface area contributed by atoms with Crippen molar-refractivity contribution in [1.29, 1.82) is 0 Å². The fraction of sp³-hybridized carbons (Fsp3) is 0.0667. The van der Waals surface area contributed by atoms with E-state index in [0.29, 0.717) is 17.2 Å². The van der Waals surface area contributed by atoms with Gasteiger partial charge in [0.05, 0.1) is 11.1 Å². The summed E-state index contributed by atoms with van der Waals surface area (Å²) >= 11 is 10.8. The number of benzene rings is 2. The maximum absolute atomic E-state index is 10.8. The molecule has 0 aliphatic rings. The Labute approximate surface area is 143 Å². The Balaban J connectivity index is 1.87. The Kier molecular flexibility index (Phi) is 6.02. The topological polar surface area (TPSA) is 79.6 Å². The van der Waals surface area contributed by atoms with Crippen molar-refractivity contribution in [2.45, 2.75) is 6.54 Å². The predicted molar refractivity (Wildman–Crippen MR) is 94.7 cm³/mol. The zero-order valence-electron chi connectivity index (χ0n) is 11.9. The second-order valence-corrected chi connectivity index (χ2v) is 5.32. The smallest absolute Gasteiger partial charge is 0.288 e. The third-order valence-corrected chi connectivity index (χ3v) is 3.40. The lowest BCUT2D eigenvalue weighted by atomic mass is 10.2. The third-order valence-electron chi connectivity index (χ3n) is 2.84. The van der Waals surface area contributed by atoms with Gasteiger partial charge in [-0.3, -0.25) is 15.5 Å². The fourth-order valence-corrected chi connectivity index (χ4v) is 2.04. The van der Waals surface area contributed by atoms with Gasteiger partial charge in [-0.1, -0.05) is 48.0 Å². The molecule has 0 saturated carbocycles. The van der Waals surface area contributed by atoms with Gasteiger partial charge in [-0.25, -0.2) is 0 Å². The van der Waals surface area contributed by atoms with Crippen LogP contribution in [0.5, 0.6) is 0 Å². The van der Waals surface area contributed by atoms with E-state index in [4.69, 9.17) is 23.8 Å². The normalized spacial score (nSPS) is 10.5. The summed E-state index contributed by atoms with van der Waals surface area (Å²) in [6.07, 6.45) is 1.43. The first-order valence-electron chi connectivity index (χ1n) is 6.61. The van der Waals surface area contributed by atoms with Crippen molar-refractivity contribution in [3.05, 3.63) is 74.8 Å². The second kappa shape index (κ2) is 8.21. The SMILES string of the molecule is O=[N+]([O-])c1cc(C=NNC(=S)NCc2ccccc2)ccc1Cl. The molecule has 0 heterocycles. The van der Waals surface area contributed by atoms with Crippen molar-refractivity contribution in [3.63, 3.8) is 0 Å². The van der Waals surface area contributed by atoms with Crippen LogP contribution in [0.25, 0.3) is 0 Å². The maximum atomic E-state index is 10.8. The van der Waals surface area contributed by atoms with Crippen molar-refractivity contribution in [1.82, 2.24) is 10.7 Å². The van der Waals surface area contributed by atoms with Crippen LogP contribution in [-0.2, 0) is 6.54 Å². The number of nitro groups is 1. The number of hydrogen-bond donors (Lipinski definition) is 2. The minimum atomic E-state index is -0.543. The van der Waals surface area contributed by atoms with Crippen LogP contribution in [-0.4, -0.2) is 16.3 Å². The quantitative estimate of drug-likeness (QED) is 0.375. The average Bonchev–Trinajstić information content (AvgIpc) is 2.55. The molecule has 0 fully saturated rings. The van der Waals surface area contributed by atoms with Gasteiger partial charge in [-0.05, 0) is 23.8 Å². The molecule has 0 atom stereocenters. The van der Waals surface area contributed by atoms with Gasteiger partial charge in [0.2, 0.25) is 0 Å². The van der Waals surface area contributed by atoms with E-state index in [1.54, 1.807) is 6.07 Å². The third kappa shape index (κ3) is 5.32. The van der Waals surface area contributed by atoms with E-state index < -0.39 is 4.92 Å². The first-order valence-corrected chi connectivity index (χ1v) is 7.39. The highest BCUT2D eigenvalue weighted by atomic mass is 35.5. The lowest BCUT2D eigenvalue weighted by molar-refractivity contribution is -0.384. The number of hydrazone groups is 1. The standard InChI is InChI=1S/C15H13ClN4O2S/c16-13-7-6-12(8-14(13)20(21)22)10-18-19-15(23)17-9-11-4-2-1-3-5-11/h1-8,10H,9H2,(H2,17,19,23). The van der Waals surface area contributed by atoms with Gasteiger partial charge in [0.15, 0.2) is 5.11 Å². The molecule has 0 bridgehead atoms. The largest absolute Gasteiger partial charge is 0.357 e. The van der Waals surface area contributed by atoms with Gasteiger partial charge in [0, 0.05) is 18.2 Å². The van der Waals surface area contributed by atoms with Crippen molar-refractivity contribution >= 4 is 40.8 Å². The second-order valence-electron chi connectivity index (χ2n) is 4.51. The number of thiocarbonyl (C=S) groups is 1. The minimum Gasteiger partial charge on any atom is -0.357 e. The molecule has 2 aromatic carbocycles. The summed E-state index contributed by atoms with van der Waals surface area (Å²) in [7, 11) is 0. The monoisotopic (exact) mass is 348 g/mol. The summed E-state index contributed by atoms with van der Waals surface area (Å²) in [4.78, 5) is 10.3. The Hall–Kier alpha value is -2.51. The number of halogens is 1. The lowest BCUT2D eigenvalue weighted by Gasteiger charge is -2.06. The van der Waals surface area contributed by atoms with Gasteiger partial charge >= 0.3 is 0 Å². The van der Waals surface area contributed by atoms with Crippen LogP contribution >= 0.6 is 23.8 Å². The summed E-state index contributed by atoms with van der Waals surface area (Å²) in [6, 6.07) is 14.2. The van der Waals surface area contributed by atoms with Gasteiger partial charge in [0.1, 0.15) is 5.02 Å². The molecule has 2 N–H and O–H groups in total. The number of nitro benzene ring substituents is 1. The molecule has 0 radical (unpaired) electrons. The van der Waals surface area contributed by atoms with E-state index in [9.17, 15) is 10.1 Å². The van der Waals surface area contributed by atoms with E-state index in [-0.39, 0.29) is 10.7 Å². The van der Waals surface area contributed by atoms with Gasteiger partial charge in [0.25, 0.3) is 5.69 Å². The Morgan fingerprint density at radius 2 is 2.04 bits per heavy atom. The first-order chi connectivity index (χ1) is 11.1. The summed E-state index contributed by atoms with van der Waals surface area (Å²) in [5.41, 5.74) is 4.12. The summed E-state index contributed by atoms with van der Waals surface area (Å²) < 4.78 is 0. The van der Waals surface area contributed by atoms with Crippen LogP contribution in [0, 0.1) is 10.1 Å². The fourth-order valence-electron chi connectivity index (χ4n) is 1.73. The lowest BCUT2D eigenvalue weighted by Crippen LogP contribution is -2.31. The molecule has 0 aromatic heterocycles. The van der Waals surface area contributed by atoms with Crippen molar-refractivity contribution in [3.8, 4) is 0 Å². The highest BCUT2D eigenvalue weighted by molar-refractivity contribution is 7.80. The van der Waals surface area contributed by atoms with Gasteiger partial charge in [-0.2, -0.15) is 5.10 Å². The number of hydrogen-bond acceptors (Lipinski definition) is 4. The molecule has 2 aromatic rings. The van der Waals surface area contributed by atoms with Crippen LogP contribution < -0.4 is 10.7 Å². The average molecular weight is 349 g/mol. The number of nitrogens with one attached hydrogen (secondary N) is 2. The van der Waals surface area contributed by atoms with Gasteiger partial charge in [-0.15, -0.1) is 0 Å². The van der Waals surface area contributed by atoms with Crippen LogP contribution in [0.1, 0.15) is 11.1 Å². The molecule has 0 saturated heterocycles. The molecular formula is C15H13ClN4O2S. The van der Waals surface area contributed by atoms with E-state index in [0.717, 1.165) is 5.56 Å². The molecule has 2 rings (SSSR count). The van der Waals surface area contributed by atoms with Crippen LogP contribution in [0.15, 0.2) is 53.6 Å². The van der Waals surface area contributed by atoms with Crippen LogP contribution in [0.4, 0.5) is 5.69 Å². The molecule has 0 aliphatic heterocycles. The number of rotatable bonds is 5. The van der Waals surface area contributed by atoms with E-state index in [2.05, 4.69) is 15.8 Å². The highest BCUT2D eigenvalue weighted by Gasteiger charge is 2.11. The van der Waals surface area contributed by atoms with E-state index >= 15 is 0 Å². The zero-order valence-corrected chi connectivity index (χ0v) is 13.5. The van der Waals surface area contributed by atoms with Crippen LogP contribution in [0.2, 0.25) is 5.02 Å². The van der Waals surface area contributed by atoms with E-state index in [1.165, 1.54) is 18.3 Å². The van der Waals surface area contributed by atoms with Crippen molar-refractivity contribution in [2.75, 3.05) is 0 Å². The maximum Gasteiger partial charge on any atom is 0.288 e. The summed E-state index contributed by atoms with van der Waals surface area (Å²) in [5, 5.41) is 18.2.